The third-order valence-electron chi connectivity index (χ3n) is 2.81. The van der Waals surface area contributed by atoms with Crippen LogP contribution in [0.4, 0.5) is 0 Å². The van der Waals surface area contributed by atoms with Crippen LogP contribution < -0.4 is 10.6 Å². The molecule has 0 aromatic rings. The summed E-state index contributed by atoms with van der Waals surface area (Å²) in [6.07, 6.45) is 2.62. The van der Waals surface area contributed by atoms with Crippen LogP contribution in [0.15, 0.2) is 0 Å². The predicted octanol–water partition coefficient (Wildman–Crippen LogP) is 0.155. The zero-order chi connectivity index (χ0) is 12.3. The summed E-state index contributed by atoms with van der Waals surface area (Å²) >= 11 is 0. The van der Waals surface area contributed by atoms with E-state index < -0.39 is 0 Å². The van der Waals surface area contributed by atoms with Crippen molar-refractivity contribution in [3.05, 3.63) is 0 Å². The Hall–Kier alpha value is -0.650. The summed E-state index contributed by atoms with van der Waals surface area (Å²) in [4.78, 5) is 11.4. The molecule has 1 aliphatic rings. The van der Waals surface area contributed by atoms with Gasteiger partial charge in [0.15, 0.2) is 0 Å². The molecule has 0 atom stereocenters. The normalized spacial score (nSPS) is 15.6. The minimum atomic E-state index is 0.178. The molecule has 5 heteroatoms. The van der Waals surface area contributed by atoms with Gasteiger partial charge in [-0.2, -0.15) is 0 Å². The van der Waals surface area contributed by atoms with E-state index in [9.17, 15) is 4.79 Å². The maximum absolute atomic E-state index is 11.4. The quantitative estimate of drug-likeness (QED) is 0.537. The van der Waals surface area contributed by atoms with E-state index in [1.807, 2.05) is 0 Å². The van der Waals surface area contributed by atoms with Gasteiger partial charge >= 0.3 is 0 Å². The summed E-state index contributed by atoms with van der Waals surface area (Å²) in [6, 6.07) is 0. The van der Waals surface area contributed by atoms with Crippen molar-refractivity contribution in [2.24, 2.45) is 5.92 Å². The highest BCUT2D eigenvalue weighted by atomic mass is 16.5. The van der Waals surface area contributed by atoms with Crippen LogP contribution >= 0.6 is 0 Å². The number of carbonyl (C=O) groups excluding carboxylic acids is 1. The van der Waals surface area contributed by atoms with E-state index in [4.69, 9.17) is 9.47 Å². The van der Waals surface area contributed by atoms with Crippen molar-refractivity contribution < 1.29 is 14.3 Å². The van der Waals surface area contributed by atoms with Gasteiger partial charge in [0.1, 0.15) is 0 Å². The molecule has 0 aliphatic carbocycles. The van der Waals surface area contributed by atoms with E-state index in [-0.39, 0.29) is 5.91 Å². The highest BCUT2D eigenvalue weighted by Gasteiger charge is 2.19. The van der Waals surface area contributed by atoms with Crippen molar-refractivity contribution in [3.63, 3.8) is 0 Å². The first kappa shape index (κ1) is 14.4. The fourth-order valence-corrected chi connectivity index (χ4v) is 1.63. The van der Waals surface area contributed by atoms with Gasteiger partial charge in [-0.3, -0.25) is 4.79 Å². The molecule has 0 radical (unpaired) electrons. The largest absolute Gasteiger partial charge is 0.382 e. The van der Waals surface area contributed by atoms with Crippen LogP contribution in [0.3, 0.4) is 0 Å². The molecule has 1 heterocycles. The SMILES string of the molecule is COCCOCCCCNC(=O)CC1CNC1. The van der Waals surface area contributed by atoms with Gasteiger partial charge in [0.25, 0.3) is 0 Å². The molecule has 1 fully saturated rings. The van der Waals surface area contributed by atoms with E-state index in [0.29, 0.717) is 25.6 Å². The topological polar surface area (TPSA) is 59.6 Å². The summed E-state index contributed by atoms with van der Waals surface area (Å²) < 4.78 is 10.2. The lowest BCUT2D eigenvalue weighted by Crippen LogP contribution is -2.44. The molecule has 0 saturated carbocycles. The third-order valence-corrected chi connectivity index (χ3v) is 2.81. The number of amides is 1. The van der Waals surface area contributed by atoms with Crippen LogP contribution in [-0.4, -0.2) is 52.5 Å². The maximum Gasteiger partial charge on any atom is 0.220 e. The number of ether oxygens (including phenoxy) is 2. The fourth-order valence-electron chi connectivity index (χ4n) is 1.63. The number of hydrogen-bond acceptors (Lipinski definition) is 4. The summed E-state index contributed by atoms with van der Waals surface area (Å²) in [5.74, 6) is 0.726. The minimum absolute atomic E-state index is 0.178. The van der Waals surface area contributed by atoms with Gasteiger partial charge in [-0.05, 0) is 31.8 Å². The Bertz CT molecular complexity index is 208. The molecular formula is C12H24N2O3. The number of nitrogens with one attached hydrogen (secondary N) is 2. The smallest absolute Gasteiger partial charge is 0.220 e. The summed E-state index contributed by atoms with van der Waals surface area (Å²) in [5.41, 5.74) is 0. The predicted molar refractivity (Wildman–Crippen MR) is 65.9 cm³/mol. The van der Waals surface area contributed by atoms with Crippen molar-refractivity contribution in [3.8, 4) is 0 Å². The Kier molecular flexibility index (Phi) is 7.96. The van der Waals surface area contributed by atoms with Crippen LogP contribution in [0.1, 0.15) is 19.3 Å². The van der Waals surface area contributed by atoms with Crippen LogP contribution in [0.5, 0.6) is 0 Å². The molecule has 17 heavy (non-hydrogen) atoms. The van der Waals surface area contributed by atoms with Gasteiger partial charge in [-0.1, -0.05) is 0 Å². The van der Waals surface area contributed by atoms with E-state index in [0.717, 1.165) is 39.1 Å². The Labute approximate surface area is 103 Å². The van der Waals surface area contributed by atoms with E-state index in [1.165, 1.54) is 0 Å². The van der Waals surface area contributed by atoms with Gasteiger partial charge in [-0.15, -0.1) is 0 Å². The molecule has 5 nitrogen and oxygen atoms in total. The molecule has 0 unspecified atom stereocenters. The summed E-state index contributed by atoms with van der Waals surface area (Å²) in [5, 5.41) is 6.10. The van der Waals surface area contributed by atoms with Crippen molar-refractivity contribution in [2.75, 3.05) is 46.6 Å². The first-order chi connectivity index (χ1) is 8.33. The lowest BCUT2D eigenvalue weighted by Gasteiger charge is -2.26. The van der Waals surface area contributed by atoms with Gasteiger partial charge in [0.05, 0.1) is 13.2 Å². The van der Waals surface area contributed by atoms with Crippen molar-refractivity contribution in [1.29, 1.82) is 0 Å². The molecule has 1 aliphatic heterocycles. The third kappa shape index (κ3) is 7.31. The van der Waals surface area contributed by atoms with Crippen molar-refractivity contribution >= 4 is 5.91 Å². The molecule has 2 N–H and O–H groups in total. The fraction of sp³-hybridized carbons (Fsp3) is 0.917. The second kappa shape index (κ2) is 9.39. The average molecular weight is 244 g/mol. The van der Waals surface area contributed by atoms with Crippen LogP contribution in [0, 0.1) is 5.92 Å². The standard InChI is InChI=1S/C12H24N2O3/c1-16-6-7-17-5-3-2-4-14-12(15)8-11-9-13-10-11/h11,13H,2-10H2,1H3,(H,14,15). The highest BCUT2D eigenvalue weighted by molar-refractivity contribution is 5.76. The lowest BCUT2D eigenvalue weighted by atomic mass is 9.99. The minimum Gasteiger partial charge on any atom is -0.382 e. The Balaban J connectivity index is 1.78. The van der Waals surface area contributed by atoms with E-state index in [1.54, 1.807) is 7.11 Å². The molecule has 0 aromatic heterocycles. The van der Waals surface area contributed by atoms with Crippen LogP contribution in [-0.2, 0) is 14.3 Å². The van der Waals surface area contributed by atoms with E-state index >= 15 is 0 Å². The Morgan fingerprint density at radius 3 is 2.76 bits per heavy atom. The molecule has 1 rings (SSSR count). The van der Waals surface area contributed by atoms with Gasteiger partial charge < -0.3 is 20.1 Å². The van der Waals surface area contributed by atoms with Crippen molar-refractivity contribution in [1.82, 2.24) is 10.6 Å². The molecule has 0 spiro atoms. The van der Waals surface area contributed by atoms with Crippen LogP contribution in [0.25, 0.3) is 0 Å². The first-order valence-corrected chi connectivity index (χ1v) is 6.37. The second-order valence-corrected chi connectivity index (χ2v) is 4.39. The number of rotatable bonds is 10. The van der Waals surface area contributed by atoms with Crippen molar-refractivity contribution in [2.45, 2.75) is 19.3 Å². The number of unbranched alkanes of at least 4 members (excludes halogenated alkanes) is 1. The monoisotopic (exact) mass is 244 g/mol. The van der Waals surface area contributed by atoms with Gasteiger partial charge in [-0.25, -0.2) is 0 Å². The molecule has 1 saturated heterocycles. The van der Waals surface area contributed by atoms with Gasteiger partial charge in [0.2, 0.25) is 5.91 Å². The molecule has 0 bridgehead atoms. The number of carbonyl (C=O) groups is 1. The lowest BCUT2D eigenvalue weighted by molar-refractivity contribution is -0.122. The molecule has 100 valence electrons. The maximum atomic E-state index is 11.4. The zero-order valence-corrected chi connectivity index (χ0v) is 10.7. The first-order valence-electron chi connectivity index (χ1n) is 6.37. The Morgan fingerprint density at radius 2 is 2.12 bits per heavy atom. The summed E-state index contributed by atoms with van der Waals surface area (Å²) in [6.45, 7) is 4.77. The number of methoxy groups -OCH3 is 1. The second-order valence-electron chi connectivity index (χ2n) is 4.39. The number of hydrogen-bond donors (Lipinski definition) is 2. The highest BCUT2D eigenvalue weighted by Crippen LogP contribution is 2.07. The molecule has 1 amide bonds. The summed E-state index contributed by atoms with van der Waals surface area (Å²) in [7, 11) is 1.66. The Morgan fingerprint density at radius 1 is 1.29 bits per heavy atom. The van der Waals surface area contributed by atoms with Gasteiger partial charge in [0, 0.05) is 26.7 Å². The average Bonchev–Trinajstić information content (AvgIpc) is 2.27. The van der Waals surface area contributed by atoms with Crippen LogP contribution in [0.2, 0.25) is 0 Å². The van der Waals surface area contributed by atoms with E-state index in [2.05, 4.69) is 10.6 Å². The molecule has 0 aromatic carbocycles. The zero-order valence-electron chi connectivity index (χ0n) is 10.7. The molecular weight excluding hydrogens is 220 g/mol.